The number of ether oxygens (including phenoxy) is 1. The van der Waals surface area contributed by atoms with Gasteiger partial charge in [-0.2, -0.15) is 10.2 Å². The Morgan fingerprint density at radius 3 is 2.54 bits per heavy atom. The number of aromatic nitrogens is 4. The van der Waals surface area contributed by atoms with Gasteiger partial charge in [0.2, 0.25) is 0 Å². The van der Waals surface area contributed by atoms with E-state index >= 15 is 0 Å². The molecular formula is C22H23N5O. The van der Waals surface area contributed by atoms with E-state index in [1.165, 1.54) is 25.9 Å². The third-order valence-electron chi connectivity index (χ3n) is 5.34. The van der Waals surface area contributed by atoms with Crippen molar-refractivity contribution in [3.8, 4) is 22.8 Å². The molecule has 142 valence electrons. The number of benzene rings is 2. The molecule has 4 aromatic rings. The molecule has 0 aliphatic carbocycles. The molecule has 28 heavy (non-hydrogen) atoms. The third-order valence-corrected chi connectivity index (χ3v) is 5.34. The molecule has 0 bridgehead atoms. The van der Waals surface area contributed by atoms with Gasteiger partial charge < -0.3 is 9.64 Å². The Labute approximate surface area is 163 Å². The largest absolute Gasteiger partial charge is 0.457 e. The smallest absolute Gasteiger partial charge is 0.128 e. The summed E-state index contributed by atoms with van der Waals surface area (Å²) in [5.74, 6) is 1.63. The van der Waals surface area contributed by atoms with E-state index in [4.69, 9.17) is 4.74 Å². The van der Waals surface area contributed by atoms with E-state index in [0.29, 0.717) is 0 Å². The molecule has 5 rings (SSSR count). The van der Waals surface area contributed by atoms with E-state index in [-0.39, 0.29) is 0 Å². The lowest BCUT2D eigenvalue weighted by Gasteiger charge is -2.14. The molecule has 1 aliphatic heterocycles. The number of nitrogens with zero attached hydrogens (tertiary/aromatic N) is 4. The zero-order chi connectivity index (χ0) is 18.8. The summed E-state index contributed by atoms with van der Waals surface area (Å²) < 4.78 is 8.13. The van der Waals surface area contributed by atoms with Crippen LogP contribution in [0.1, 0.15) is 12.8 Å². The van der Waals surface area contributed by atoms with Gasteiger partial charge in [-0.25, -0.2) is 0 Å². The summed E-state index contributed by atoms with van der Waals surface area (Å²) in [4.78, 5) is 2.51. The molecule has 1 fully saturated rings. The number of rotatable bonds is 6. The SMILES string of the molecule is c1cc(-c2ccc(Oc3ccc4c(cnn4CCN4CCCC4)c3)cc2)[nH]n1. The second-order valence-electron chi connectivity index (χ2n) is 7.23. The lowest BCUT2D eigenvalue weighted by molar-refractivity contribution is 0.318. The van der Waals surface area contributed by atoms with Gasteiger partial charge in [0.25, 0.3) is 0 Å². The number of nitrogens with one attached hydrogen (secondary N) is 1. The molecule has 0 spiro atoms. The second kappa shape index (κ2) is 7.48. The van der Waals surface area contributed by atoms with Gasteiger partial charge in [-0.05, 0) is 80.0 Å². The molecule has 0 unspecified atom stereocenters. The zero-order valence-corrected chi connectivity index (χ0v) is 15.7. The molecular weight excluding hydrogens is 350 g/mol. The molecule has 0 amide bonds. The highest BCUT2D eigenvalue weighted by Crippen LogP contribution is 2.27. The van der Waals surface area contributed by atoms with Crippen molar-refractivity contribution in [3.63, 3.8) is 0 Å². The number of likely N-dealkylation sites (tertiary alicyclic amines) is 1. The third kappa shape index (κ3) is 3.51. The number of hydrogen-bond donors (Lipinski definition) is 1. The number of H-pyrrole nitrogens is 1. The summed E-state index contributed by atoms with van der Waals surface area (Å²) in [5.41, 5.74) is 3.23. The van der Waals surface area contributed by atoms with Crippen molar-refractivity contribution in [1.29, 1.82) is 0 Å². The normalized spacial score (nSPS) is 14.7. The summed E-state index contributed by atoms with van der Waals surface area (Å²) in [6.07, 6.45) is 6.32. The van der Waals surface area contributed by atoms with Crippen LogP contribution in [-0.4, -0.2) is 44.5 Å². The first-order valence-corrected chi connectivity index (χ1v) is 9.81. The minimum Gasteiger partial charge on any atom is -0.457 e. The Hall–Kier alpha value is -3.12. The molecule has 6 heteroatoms. The van der Waals surface area contributed by atoms with Crippen LogP contribution in [0.5, 0.6) is 11.5 Å². The Balaban J connectivity index is 1.28. The lowest BCUT2D eigenvalue weighted by Crippen LogP contribution is -2.24. The van der Waals surface area contributed by atoms with E-state index in [9.17, 15) is 0 Å². The molecule has 0 saturated carbocycles. The van der Waals surface area contributed by atoms with Crippen LogP contribution in [0.2, 0.25) is 0 Å². The van der Waals surface area contributed by atoms with Crippen LogP contribution in [0.25, 0.3) is 22.2 Å². The van der Waals surface area contributed by atoms with Gasteiger partial charge in [-0.3, -0.25) is 9.78 Å². The average molecular weight is 373 g/mol. The van der Waals surface area contributed by atoms with E-state index in [0.717, 1.165) is 46.7 Å². The number of hydrogen-bond acceptors (Lipinski definition) is 4. The topological polar surface area (TPSA) is 59.0 Å². The summed E-state index contributed by atoms with van der Waals surface area (Å²) in [6.45, 7) is 4.43. The maximum Gasteiger partial charge on any atom is 0.128 e. The van der Waals surface area contributed by atoms with E-state index in [1.54, 1.807) is 6.20 Å². The monoisotopic (exact) mass is 373 g/mol. The zero-order valence-electron chi connectivity index (χ0n) is 15.7. The first kappa shape index (κ1) is 17.0. The van der Waals surface area contributed by atoms with Gasteiger partial charge in [-0.15, -0.1) is 0 Å². The van der Waals surface area contributed by atoms with Gasteiger partial charge in [-0.1, -0.05) is 0 Å². The Morgan fingerprint density at radius 1 is 0.929 bits per heavy atom. The molecule has 0 radical (unpaired) electrons. The van der Waals surface area contributed by atoms with E-state index in [2.05, 4.69) is 37.0 Å². The van der Waals surface area contributed by atoms with Crippen LogP contribution >= 0.6 is 0 Å². The average Bonchev–Trinajstić information content (AvgIpc) is 3.48. The Bertz CT molecular complexity index is 1050. The van der Waals surface area contributed by atoms with Gasteiger partial charge in [0.15, 0.2) is 0 Å². The molecule has 1 saturated heterocycles. The van der Waals surface area contributed by atoms with Crippen molar-refractivity contribution >= 4 is 10.9 Å². The van der Waals surface area contributed by atoms with Gasteiger partial charge in [0.05, 0.1) is 24.0 Å². The summed E-state index contributed by atoms with van der Waals surface area (Å²) >= 11 is 0. The molecule has 3 heterocycles. The minimum atomic E-state index is 0.809. The molecule has 2 aromatic carbocycles. The number of fused-ring (bicyclic) bond motifs is 1. The summed E-state index contributed by atoms with van der Waals surface area (Å²) in [5, 5.41) is 12.6. The van der Waals surface area contributed by atoms with E-state index in [1.807, 2.05) is 42.6 Å². The fourth-order valence-corrected chi connectivity index (χ4v) is 3.80. The first-order chi connectivity index (χ1) is 13.8. The van der Waals surface area contributed by atoms with Crippen LogP contribution in [-0.2, 0) is 6.54 Å². The van der Waals surface area contributed by atoms with Crippen molar-refractivity contribution in [2.45, 2.75) is 19.4 Å². The standard InChI is InChI=1S/C22H23N5O/c1-2-12-26(11-1)13-14-27-22-8-7-20(15-18(22)16-24-27)28-19-5-3-17(4-6-19)21-9-10-23-25-21/h3-10,15-16H,1-2,11-14H2,(H,23,25). The highest BCUT2D eigenvalue weighted by Gasteiger charge is 2.12. The summed E-state index contributed by atoms with van der Waals surface area (Å²) in [6, 6.07) is 16.1. The molecule has 2 aromatic heterocycles. The van der Waals surface area contributed by atoms with Gasteiger partial charge in [0.1, 0.15) is 11.5 Å². The second-order valence-corrected chi connectivity index (χ2v) is 7.23. The van der Waals surface area contributed by atoms with Gasteiger partial charge >= 0.3 is 0 Å². The lowest BCUT2D eigenvalue weighted by atomic mass is 10.1. The Kier molecular flexibility index (Phi) is 4.54. The van der Waals surface area contributed by atoms with Crippen molar-refractivity contribution in [3.05, 3.63) is 60.9 Å². The number of aromatic amines is 1. The van der Waals surface area contributed by atoms with Gasteiger partial charge in [0, 0.05) is 18.1 Å². The predicted molar refractivity (Wildman–Crippen MR) is 110 cm³/mol. The maximum absolute atomic E-state index is 6.04. The molecule has 1 aliphatic rings. The first-order valence-electron chi connectivity index (χ1n) is 9.81. The fraction of sp³-hybridized carbons (Fsp3) is 0.273. The Morgan fingerprint density at radius 2 is 1.75 bits per heavy atom. The molecule has 6 nitrogen and oxygen atoms in total. The molecule has 0 atom stereocenters. The predicted octanol–water partition coefficient (Wildman–Crippen LogP) is 4.31. The summed E-state index contributed by atoms with van der Waals surface area (Å²) in [7, 11) is 0. The highest BCUT2D eigenvalue weighted by molar-refractivity contribution is 5.80. The van der Waals surface area contributed by atoms with Crippen LogP contribution in [0.3, 0.4) is 0 Å². The van der Waals surface area contributed by atoms with Crippen LogP contribution in [0.4, 0.5) is 0 Å². The van der Waals surface area contributed by atoms with Crippen LogP contribution in [0.15, 0.2) is 60.9 Å². The highest BCUT2D eigenvalue weighted by atomic mass is 16.5. The maximum atomic E-state index is 6.04. The van der Waals surface area contributed by atoms with E-state index < -0.39 is 0 Å². The minimum absolute atomic E-state index is 0.809. The van der Waals surface area contributed by atoms with Crippen LogP contribution in [0, 0.1) is 0 Å². The van der Waals surface area contributed by atoms with Crippen molar-refractivity contribution in [2.75, 3.05) is 19.6 Å². The molecule has 1 N–H and O–H groups in total. The van der Waals surface area contributed by atoms with Crippen molar-refractivity contribution < 1.29 is 4.74 Å². The van der Waals surface area contributed by atoms with Crippen molar-refractivity contribution in [2.24, 2.45) is 0 Å². The quantitative estimate of drug-likeness (QED) is 0.547. The van der Waals surface area contributed by atoms with Crippen LogP contribution < -0.4 is 4.74 Å². The van der Waals surface area contributed by atoms with Crippen molar-refractivity contribution in [1.82, 2.24) is 24.9 Å². The fourth-order valence-electron chi connectivity index (χ4n) is 3.80.